The van der Waals surface area contributed by atoms with Crippen LogP contribution in [0.15, 0.2) is 35.2 Å². The Hall–Kier alpha value is -0.960. The average Bonchev–Trinajstić information content (AvgIpc) is 2.26. The van der Waals surface area contributed by atoms with Gasteiger partial charge < -0.3 is 5.11 Å². The molecule has 0 aliphatic rings. The molecule has 0 aliphatic heterocycles. The third-order valence-corrected chi connectivity index (χ3v) is 3.64. The lowest BCUT2D eigenvalue weighted by Gasteiger charge is -2.18. The van der Waals surface area contributed by atoms with Crippen LogP contribution in [-0.2, 0) is 4.79 Å². The fourth-order valence-corrected chi connectivity index (χ4v) is 2.20. The molecule has 0 atom stereocenters. The summed E-state index contributed by atoms with van der Waals surface area (Å²) in [7, 11) is 0. The lowest BCUT2D eigenvalue weighted by molar-refractivity contribution is -0.147. The van der Waals surface area contributed by atoms with Gasteiger partial charge in [0, 0.05) is 4.90 Å². The van der Waals surface area contributed by atoms with Gasteiger partial charge in [-0.05, 0) is 44.6 Å². The van der Waals surface area contributed by atoms with Crippen LogP contribution in [0.4, 0.5) is 0 Å². The Kier molecular flexibility index (Phi) is 4.87. The van der Waals surface area contributed by atoms with Gasteiger partial charge in [-0.1, -0.05) is 18.2 Å². The highest BCUT2D eigenvalue weighted by Gasteiger charge is 2.25. The Labute approximate surface area is 101 Å². The van der Waals surface area contributed by atoms with E-state index in [1.165, 1.54) is 4.90 Å². The summed E-state index contributed by atoms with van der Waals surface area (Å²) in [5.41, 5.74) is -0.600. The van der Waals surface area contributed by atoms with Crippen molar-refractivity contribution in [3.63, 3.8) is 0 Å². The van der Waals surface area contributed by atoms with Crippen molar-refractivity contribution < 1.29 is 9.90 Å². The standard InChI is InChI=1S/C13H18O2S/c1-13(2,12(14)15)9-6-10-16-11-7-4-3-5-8-11/h3-5,7-8H,6,9-10H2,1-2H3,(H,14,15). The van der Waals surface area contributed by atoms with Crippen molar-refractivity contribution >= 4 is 17.7 Å². The molecular formula is C13H18O2S. The SMILES string of the molecule is CC(C)(CCCSc1ccccc1)C(=O)O. The summed E-state index contributed by atoms with van der Waals surface area (Å²) >= 11 is 1.78. The van der Waals surface area contributed by atoms with Crippen molar-refractivity contribution in [1.82, 2.24) is 0 Å². The van der Waals surface area contributed by atoms with Crippen molar-refractivity contribution in [1.29, 1.82) is 0 Å². The normalized spacial score (nSPS) is 11.4. The van der Waals surface area contributed by atoms with Crippen LogP contribution in [0.1, 0.15) is 26.7 Å². The molecule has 0 radical (unpaired) electrons. The van der Waals surface area contributed by atoms with Crippen LogP contribution in [0.25, 0.3) is 0 Å². The van der Waals surface area contributed by atoms with E-state index in [4.69, 9.17) is 5.11 Å². The number of aliphatic carboxylic acids is 1. The molecule has 0 saturated heterocycles. The van der Waals surface area contributed by atoms with Crippen LogP contribution in [0.5, 0.6) is 0 Å². The highest BCUT2D eigenvalue weighted by molar-refractivity contribution is 7.99. The van der Waals surface area contributed by atoms with E-state index in [1.54, 1.807) is 25.6 Å². The number of hydrogen-bond donors (Lipinski definition) is 1. The molecule has 0 heterocycles. The topological polar surface area (TPSA) is 37.3 Å². The molecule has 16 heavy (non-hydrogen) atoms. The zero-order valence-corrected chi connectivity index (χ0v) is 10.6. The summed E-state index contributed by atoms with van der Waals surface area (Å²) in [5, 5.41) is 8.95. The maximum Gasteiger partial charge on any atom is 0.309 e. The summed E-state index contributed by atoms with van der Waals surface area (Å²) in [5.74, 6) is 0.262. The van der Waals surface area contributed by atoms with Gasteiger partial charge in [-0.2, -0.15) is 0 Å². The minimum atomic E-state index is -0.711. The van der Waals surface area contributed by atoms with Crippen molar-refractivity contribution in [2.24, 2.45) is 5.41 Å². The molecule has 0 spiro atoms. The zero-order valence-electron chi connectivity index (χ0n) is 9.77. The zero-order chi connectivity index (χ0) is 12.0. The number of rotatable bonds is 6. The monoisotopic (exact) mass is 238 g/mol. The molecule has 1 aromatic rings. The Morgan fingerprint density at radius 1 is 1.31 bits per heavy atom. The highest BCUT2D eigenvalue weighted by atomic mass is 32.2. The first kappa shape index (κ1) is 13.1. The van der Waals surface area contributed by atoms with E-state index in [9.17, 15) is 4.79 Å². The molecule has 1 rings (SSSR count). The third kappa shape index (κ3) is 4.27. The predicted octanol–water partition coefficient (Wildman–Crippen LogP) is 3.67. The van der Waals surface area contributed by atoms with E-state index in [0.29, 0.717) is 0 Å². The molecule has 1 aromatic carbocycles. The second kappa shape index (κ2) is 5.94. The molecule has 0 aliphatic carbocycles. The van der Waals surface area contributed by atoms with E-state index in [0.717, 1.165) is 18.6 Å². The van der Waals surface area contributed by atoms with Crippen molar-refractivity contribution in [3.8, 4) is 0 Å². The van der Waals surface area contributed by atoms with Crippen molar-refractivity contribution in [3.05, 3.63) is 30.3 Å². The number of carboxylic acids is 1. The maximum absolute atomic E-state index is 10.9. The third-order valence-electron chi connectivity index (χ3n) is 2.54. The number of carboxylic acid groups (broad SMARTS) is 1. The van der Waals surface area contributed by atoms with Gasteiger partial charge in [-0.25, -0.2) is 0 Å². The van der Waals surface area contributed by atoms with Gasteiger partial charge in [0.05, 0.1) is 5.41 Å². The van der Waals surface area contributed by atoms with Crippen LogP contribution >= 0.6 is 11.8 Å². The second-order valence-corrected chi connectivity index (χ2v) is 5.62. The summed E-state index contributed by atoms with van der Waals surface area (Å²) in [4.78, 5) is 12.1. The molecule has 0 unspecified atom stereocenters. The van der Waals surface area contributed by atoms with Crippen LogP contribution in [-0.4, -0.2) is 16.8 Å². The number of thioether (sulfide) groups is 1. The molecular weight excluding hydrogens is 220 g/mol. The highest BCUT2D eigenvalue weighted by Crippen LogP contribution is 2.25. The molecule has 0 aromatic heterocycles. The first-order valence-corrected chi connectivity index (χ1v) is 6.42. The Balaban J connectivity index is 2.25. The van der Waals surface area contributed by atoms with Gasteiger partial charge in [0.15, 0.2) is 0 Å². The fourth-order valence-electron chi connectivity index (χ4n) is 1.33. The molecule has 2 nitrogen and oxygen atoms in total. The molecule has 0 bridgehead atoms. The summed E-state index contributed by atoms with van der Waals surface area (Å²) < 4.78 is 0. The van der Waals surface area contributed by atoms with Crippen molar-refractivity contribution in [2.75, 3.05) is 5.75 Å². The predicted molar refractivity (Wildman–Crippen MR) is 67.8 cm³/mol. The van der Waals surface area contributed by atoms with Gasteiger partial charge in [0.25, 0.3) is 0 Å². The van der Waals surface area contributed by atoms with E-state index >= 15 is 0 Å². The van der Waals surface area contributed by atoms with Gasteiger partial charge in [-0.15, -0.1) is 11.8 Å². The van der Waals surface area contributed by atoms with E-state index in [1.807, 2.05) is 18.2 Å². The average molecular weight is 238 g/mol. The molecule has 3 heteroatoms. The lowest BCUT2D eigenvalue weighted by atomic mass is 9.88. The minimum Gasteiger partial charge on any atom is -0.481 e. The number of carbonyl (C=O) groups is 1. The van der Waals surface area contributed by atoms with Crippen LogP contribution in [0, 0.1) is 5.41 Å². The Morgan fingerprint density at radius 3 is 2.50 bits per heavy atom. The summed E-state index contributed by atoms with van der Waals surface area (Å²) in [6.07, 6.45) is 1.65. The number of hydrogen-bond acceptors (Lipinski definition) is 2. The first-order chi connectivity index (χ1) is 7.52. The smallest absolute Gasteiger partial charge is 0.309 e. The maximum atomic E-state index is 10.9. The van der Waals surface area contributed by atoms with E-state index < -0.39 is 11.4 Å². The van der Waals surface area contributed by atoms with Gasteiger partial charge in [-0.3, -0.25) is 4.79 Å². The lowest BCUT2D eigenvalue weighted by Crippen LogP contribution is -2.23. The molecule has 0 saturated carbocycles. The minimum absolute atomic E-state index is 0.600. The largest absolute Gasteiger partial charge is 0.481 e. The van der Waals surface area contributed by atoms with Gasteiger partial charge in [0.1, 0.15) is 0 Å². The van der Waals surface area contributed by atoms with Gasteiger partial charge in [0.2, 0.25) is 0 Å². The van der Waals surface area contributed by atoms with Crippen LogP contribution in [0.2, 0.25) is 0 Å². The Bertz CT molecular complexity index is 333. The first-order valence-electron chi connectivity index (χ1n) is 5.43. The second-order valence-electron chi connectivity index (χ2n) is 4.45. The number of benzene rings is 1. The fraction of sp³-hybridized carbons (Fsp3) is 0.462. The van der Waals surface area contributed by atoms with E-state index in [2.05, 4.69) is 12.1 Å². The van der Waals surface area contributed by atoms with Crippen LogP contribution < -0.4 is 0 Å². The molecule has 88 valence electrons. The molecule has 1 N–H and O–H groups in total. The van der Waals surface area contributed by atoms with Crippen LogP contribution in [0.3, 0.4) is 0 Å². The van der Waals surface area contributed by atoms with Gasteiger partial charge >= 0.3 is 5.97 Å². The summed E-state index contributed by atoms with van der Waals surface area (Å²) in [6.45, 7) is 3.56. The molecule has 0 fully saturated rings. The van der Waals surface area contributed by atoms with Crippen molar-refractivity contribution in [2.45, 2.75) is 31.6 Å². The summed E-state index contributed by atoms with van der Waals surface area (Å²) in [6, 6.07) is 10.2. The van der Waals surface area contributed by atoms with E-state index in [-0.39, 0.29) is 0 Å². The molecule has 0 amide bonds. The Morgan fingerprint density at radius 2 is 1.94 bits per heavy atom. The quantitative estimate of drug-likeness (QED) is 0.607.